The van der Waals surface area contributed by atoms with Crippen molar-refractivity contribution in [3.63, 3.8) is 0 Å². The van der Waals surface area contributed by atoms with Gasteiger partial charge in [0.1, 0.15) is 11.1 Å². The normalized spacial score (nSPS) is 24.3. The zero-order chi connectivity index (χ0) is 17.0. The molecule has 1 amide bonds. The molecule has 2 heterocycles. The molecule has 1 aromatic rings. The molecule has 0 saturated heterocycles. The van der Waals surface area contributed by atoms with Gasteiger partial charge in [0.2, 0.25) is 0 Å². The number of nitrogens with one attached hydrogen (secondary N) is 1. The Morgan fingerprint density at radius 2 is 2.09 bits per heavy atom. The zero-order valence-electron chi connectivity index (χ0n) is 12.7. The third-order valence-electron chi connectivity index (χ3n) is 4.79. The number of carbonyl (C=O) groups is 1. The average Bonchev–Trinajstić information content (AvgIpc) is 2.48. The molecule has 3 rings (SSSR count). The predicted octanol–water partition coefficient (Wildman–Crippen LogP) is 4.09. The van der Waals surface area contributed by atoms with E-state index in [1.54, 1.807) is 7.05 Å². The molecule has 0 spiro atoms. The van der Waals surface area contributed by atoms with E-state index in [9.17, 15) is 18.0 Å². The van der Waals surface area contributed by atoms with Crippen LogP contribution in [0, 0.1) is 0 Å². The maximum Gasteiger partial charge on any atom is 0.402 e. The summed E-state index contributed by atoms with van der Waals surface area (Å²) in [7, 11) is 1.59. The summed E-state index contributed by atoms with van der Waals surface area (Å²) in [6.07, 6.45) is -4.51. The van der Waals surface area contributed by atoms with Crippen molar-refractivity contribution in [3.05, 3.63) is 40.1 Å². The lowest BCUT2D eigenvalue weighted by Crippen LogP contribution is -2.51. The van der Waals surface area contributed by atoms with Gasteiger partial charge in [-0.3, -0.25) is 4.79 Å². The van der Waals surface area contributed by atoms with Crippen LogP contribution in [0.15, 0.2) is 29.5 Å². The summed E-state index contributed by atoms with van der Waals surface area (Å²) in [6.45, 7) is 1.77. The number of anilines is 1. The number of hydrogen-bond donors (Lipinski definition) is 1. The van der Waals surface area contributed by atoms with Crippen LogP contribution in [0.1, 0.15) is 25.3 Å². The maximum atomic E-state index is 14.2. The predicted molar refractivity (Wildman–Crippen MR) is 82.4 cm³/mol. The third-order valence-corrected chi connectivity index (χ3v) is 5.03. The molecule has 0 aromatic heterocycles. The number of alkyl halides is 3. The van der Waals surface area contributed by atoms with Crippen LogP contribution in [0.5, 0.6) is 0 Å². The molecule has 0 fully saturated rings. The van der Waals surface area contributed by atoms with Gasteiger partial charge < -0.3 is 10.2 Å². The summed E-state index contributed by atoms with van der Waals surface area (Å²) in [5.41, 5.74) is -1.63. The highest BCUT2D eigenvalue weighted by atomic mass is 35.5. The van der Waals surface area contributed by atoms with Crippen molar-refractivity contribution in [3.8, 4) is 0 Å². The van der Waals surface area contributed by atoms with E-state index in [0.717, 1.165) is 0 Å². The fourth-order valence-corrected chi connectivity index (χ4v) is 3.76. The number of carbonyl (C=O) groups excluding carboxylic acids is 1. The Hall–Kier alpha value is -1.69. The first kappa shape index (κ1) is 16.2. The largest absolute Gasteiger partial charge is 0.402 e. The second kappa shape index (κ2) is 5.16. The van der Waals surface area contributed by atoms with E-state index >= 15 is 0 Å². The molecular weight excluding hydrogens is 329 g/mol. The lowest BCUT2D eigenvalue weighted by molar-refractivity contribution is -0.182. The minimum absolute atomic E-state index is 0.0488. The molecule has 1 N–H and O–H groups in total. The molecule has 1 unspecified atom stereocenters. The van der Waals surface area contributed by atoms with Gasteiger partial charge in [0, 0.05) is 24.3 Å². The highest BCUT2D eigenvalue weighted by Crippen LogP contribution is 2.56. The number of nitrogens with zero attached hydrogens (tertiary/aromatic N) is 1. The van der Waals surface area contributed by atoms with Crippen molar-refractivity contribution in [2.24, 2.45) is 0 Å². The van der Waals surface area contributed by atoms with Crippen LogP contribution in [0.25, 0.3) is 0 Å². The van der Waals surface area contributed by atoms with Gasteiger partial charge in [-0.25, -0.2) is 0 Å². The lowest BCUT2D eigenvalue weighted by atomic mass is 9.66. The number of fused-ring (bicyclic) bond motifs is 1. The lowest BCUT2D eigenvalue weighted by Gasteiger charge is -2.45. The highest BCUT2D eigenvalue weighted by Gasteiger charge is 2.60. The second-order valence-corrected chi connectivity index (χ2v) is 6.34. The molecule has 0 aliphatic carbocycles. The Morgan fingerprint density at radius 3 is 2.70 bits per heavy atom. The van der Waals surface area contributed by atoms with Gasteiger partial charge >= 0.3 is 6.18 Å². The Labute approximate surface area is 137 Å². The Bertz CT molecular complexity index is 714. The SMILES string of the molecule is CCC1(C(F)(F)F)C2=C(Nc3ccc(Cl)cc31)C(=O)N(C)CC2. The van der Waals surface area contributed by atoms with Gasteiger partial charge in [0.05, 0.1) is 0 Å². The van der Waals surface area contributed by atoms with E-state index in [4.69, 9.17) is 11.6 Å². The monoisotopic (exact) mass is 344 g/mol. The first-order valence-electron chi connectivity index (χ1n) is 7.35. The number of likely N-dealkylation sites (N-methyl/N-ethyl adjacent to an activating group) is 1. The maximum absolute atomic E-state index is 14.2. The van der Waals surface area contributed by atoms with Crippen LogP contribution in [0.2, 0.25) is 5.02 Å². The Balaban J connectivity index is 2.34. The second-order valence-electron chi connectivity index (χ2n) is 5.90. The fourth-order valence-electron chi connectivity index (χ4n) is 3.59. The molecule has 124 valence electrons. The van der Waals surface area contributed by atoms with Crippen LogP contribution >= 0.6 is 11.6 Å². The highest BCUT2D eigenvalue weighted by molar-refractivity contribution is 6.30. The molecule has 3 nitrogen and oxygen atoms in total. The Kier molecular flexibility index (Phi) is 3.63. The van der Waals surface area contributed by atoms with Gasteiger partial charge in [-0.1, -0.05) is 18.5 Å². The summed E-state index contributed by atoms with van der Waals surface area (Å²) >= 11 is 5.95. The summed E-state index contributed by atoms with van der Waals surface area (Å²) < 4.78 is 42.5. The molecule has 23 heavy (non-hydrogen) atoms. The molecule has 2 aliphatic rings. The van der Waals surface area contributed by atoms with Crippen LogP contribution in [0.3, 0.4) is 0 Å². The summed E-state index contributed by atoms with van der Waals surface area (Å²) in [6, 6.07) is 4.37. The Morgan fingerprint density at radius 1 is 1.39 bits per heavy atom. The molecule has 1 atom stereocenters. The van der Waals surface area contributed by atoms with E-state index in [0.29, 0.717) is 0 Å². The van der Waals surface area contributed by atoms with Gasteiger partial charge in [-0.05, 0) is 42.2 Å². The van der Waals surface area contributed by atoms with E-state index in [2.05, 4.69) is 5.32 Å². The number of amides is 1. The molecular formula is C16H16ClF3N2O. The minimum atomic E-state index is -4.51. The number of rotatable bonds is 1. The first-order valence-corrected chi connectivity index (χ1v) is 7.73. The van der Waals surface area contributed by atoms with E-state index in [-0.39, 0.29) is 46.9 Å². The molecule has 0 bridgehead atoms. The van der Waals surface area contributed by atoms with Crippen molar-refractivity contribution in [1.82, 2.24) is 4.90 Å². The van der Waals surface area contributed by atoms with Crippen molar-refractivity contribution < 1.29 is 18.0 Å². The van der Waals surface area contributed by atoms with Crippen LogP contribution in [-0.2, 0) is 10.2 Å². The van der Waals surface area contributed by atoms with Crippen LogP contribution in [-0.4, -0.2) is 30.6 Å². The van der Waals surface area contributed by atoms with Crippen LogP contribution in [0.4, 0.5) is 18.9 Å². The van der Waals surface area contributed by atoms with Crippen molar-refractivity contribution in [1.29, 1.82) is 0 Å². The van der Waals surface area contributed by atoms with E-state index < -0.39 is 17.5 Å². The number of hydrogen-bond acceptors (Lipinski definition) is 2. The third kappa shape index (κ3) is 2.15. The standard InChI is InChI=1S/C16H16ClF3N2O/c1-3-15(16(18,19)20)10-6-7-22(2)14(23)13(10)21-12-5-4-9(17)8-11(12)15/h4-5,8,21H,3,6-7H2,1-2H3. The molecule has 0 radical (unpaired) electrons. The topological polar surface area (TPSA) is 32.3 Å². The molecule has 2 aliphatic heterocycles. The minimum Gasteiger partial charge on any atom is -0.351 e. The number of benzene rings is 1. The van der Waals surface area contributed by atoms with Crippen molar-refractivity contribution >= 4 is 23.2 Å². The summed E-state index contributed by atoms with van der Waals surface area (Å²) in [4.78, 5) is 13.8. The number of halogens is 4. The zero-order valence-corrected chi connectivity index (χ0v) is 13.5. The summed E-state index contributed by atoms with van der Waals surface area (Å²) in [5, 5.41) is 3.14. The summed E-state index contributed by atoms with van der Waals surface area (Å²) in [5.74, 6) is -0.408. The smallest absolute Gasteiger partial charge is 0.351 e. The van der Waals surface area contributed by atoms with Gasteiger partial charge in [-0.15, -0.1) is 0 Å². The fraction of sp³-hybridized carbons (Fsp3) is 0.438. The average molecular weight is 345 g/mol. The molecule has 1 aromatic carbocycles. The van der Waals surface area contributed by atoms with Crippen molar-refractivity contribution in [2.45, 2.75) is 31.4 Å². The molecule has 0 saturated carbocycles. The van der Waals surface area contributed by atoms with E-state index in [1.807, 2.05) is 0 Å². The van der Waals surface area contributed by atoms with Gasteiger partial charge in [0.15, 0.2) is 0 Å². The first-order chi connectivity index (χ1) is 10.7. The quantitative estimate of drug-likeness (QED) is 0.832. The van der Waals surface area contributed by atoms with E-state index in [1.165, 1.54) is 30.0 Å². The van der Waals surface area contributed by atoms with Gasteiger partial charge in [-0.2, -0.15) is 13.2 Å². The molecule has 7 heteroatoms. The van der Waals surface area contributed by atoms with Crippen molar-refractivity contribution in [2.75, 3.05) is 18.9 Å². The van der Waals surface area contributed by atoms with Gasteiger partial charge in [0.25, 0.3) is 5.91 Å². The van der Waals surface area contributed by atoms with Crippen LogP contribution < -0.4 is 5.32 Å².